The summed E-state index contributed by atoms with van der Waals surface area (Å²) in [6.45, 7) is 7.76. The van der Waals surface area contributed by atoms with Gasteiger partial charge in [0, 0.05) is 49.6 Å². The summed E-state index contributed by atoms with van der Waals surface area (Å²) in [5.74, 6) is 1.18. The summed E-state index contributed by atoms with van der Waals surface area (Å²) in [5.41, 5.74) is 7.43. The number of methoxy groups -OCH3 is 1. The van der Waals surface area contributed by atoms with E-state index in [4.69, 9.17) is 9.47 Å². The van der Waals surface area contributed by atoms with Gasteiger partial charge in [0.2, 0.25) is 0 Å². The van der Waals surface area contributed by atoms with Crippen LogP contribution >= 0.6 is 15.9 Å². The van der Waals surface area contributed by atoms with Gasteiger partial charge in [0.25, 0.3) is 0 Å². The van der Waals surface area contributed by atoms with Gasteiger partial charge >= 0.3 is 0 Å². The predicted octanol–water partition coefficient (Wildman–Crippen LogP) is 7.46. The number of para-hydroxylation sites is 2. The highest BCUT2D eigenvalue weighted by molar-refractivity contribution is 9.10. The van der Waals surface area contributed by atoms with Gasteiger partial charge in [-0.2, -0.15) is 0 Å². The molecule has 0 unspecified atom stereocenters. The molecule has 0 spiro atoms. The molecule has 0 saturated carbocycles. The van der Waals surface area contributed by atoms with Gasteiger partial charge in [-0.1, -0.05) is 48.5 Å². The van der Waals surface area contributed by atoms with E-state index in [1.165, 1.54) is 21.9 Å². The molecule has 1 heterocycles. The van der Waals surface area contributed by atoms with Crippen molar-refractivity contribution in [2.24, 2.45) is 0 Å². The fourth-order valence-electron chi connectivity index (χ4n) is 5.71. The fourth-order valence-corrected chi connectivity index (χ4v) is 6.44. The van der Waals surface area contributed by atoms with Crippen molar-refractivity contribution in [3.63, 3.8) is 0 Å². The van der Waals surface area contributed by atoms with Crippen LogP contribution in [0.25, 0.3) is 27.5 Å². The average molecular weight is 631 g/mol. The molecule has 0 fully saturated rings. The first-order chi connectivity index (χ1) is 20.3. The van der Waals surface area contributed by atoms with Gasteiger partial charge < -0.3 is 28.9 Å². The Morgan fingerprint density at radius 3 is 2.05 bits per heavy atom. The Bertz CT molecular complexity index is 1640. The first-order valence-electron chi connectivity index (χ1n) is 14.4. The topological polar surface area (TPSA) is 50.1 Å². The Balaban J connectivity index is 1.28. The van der Waals surface area contributed by atoms with E-state index >= 15 is 0 Å². The van der Waals surface area contributed by atoms with Crippen LogP contribution in [0.15, 0.2) is 77.3 Å². The maximum Gasteiger partial charge on any atom is 0.188 e. The number of benzene rings is 4. The summed E-state index contributed by atoms with van der Waals surface area (Å²) in [4.78, 5) is 4.61. The highest BCUT2D eigenvalue weighted by Crippen LogP contribution is 2.37. The van der Waals surface area contributed by atoms with E-state index < -0.39 is 0 Å². The number of ether oxygens (including phenoxy) is 2. The lowest BCUT2D eigenvalue weighted by molar-refractivity contribution is 0.0498. The van der Waals surface area contributed by atoms with E-state index in [0.717, 1.165) is 64.1 Å². The van der Waals surface area contributed by atoms with Crippen LogP contribution in [-0.2, 0) is 17.7 Å². The van der Waals surface area contributed by atoms with Crippen LogP contribution in [0.2, 0.25) is 0 Å². The zero-order chi connectivity index (χ0) is 29.8. The Hall–Kier alpha value is -3.36. The summed E-state index contributed by atoms with van der Waals surface area (Å²) >= 11 is 3.65. The first-order valence-corrected chi connectivity index (χ1v) is 15.1. The van der Waals surface area contributed by atoms with Crippen molar-refractivity contribution in [2.75, 3.05) is 47.6 Å². The van der Waals surface area contributed by atoms with E-state index in [2.05, 4.69) is 131 Å². The monoisotopic (exact) mass is 629 g/mol. The molecule has 0 atom stereocenters. The van der Waals surface area contributed by atoms with Gasteiger partial charge in [0.15, 0.2) is 6.79 Å². The number of aromatic hydroxyl groups is 1. The molecule has 4 aromatic carbocycles. The third kappa shape index (κ3) is 6.50. The highest BCUT2D eigenvalue weighted by atomic mass is 79.9. The van der Waals surface area contributed by atoms with E-state index in [0.29, 0.717) is 12.3 Å². The average Bonchev–Trinajstić information content (AvgIpc) is 3.30. The number of fused-ring (bicyclic) bond motifs is 3. The molecule has 1 N–H and O–H groups in total. The van der Waals surface area contributed by atoms with Crippen LogP contribution in [0.3, 0.4) is 0 Å². The van der Waals surface area contributed by atoms with Gasteiger partial charge in [-0.15, -0.1) is 0 Å². The number of hydrogen-bond acceptors (Lipinski definition) is 5. The highest BCUT2D eigenvalue weighted by Gasteiger charge is 2.18. The molecule has 42 heavy (non-hydrogen) atoms. The molecule has 5 aromatic rings. The lowest BCUT2D eigenvalue weighted by Gasteiger charge is -2.24. The van der Waals surface area contributed by atoms with Gasteiger partial charge in [0.1, 0.15) is 11.5 Å². The molecule has 220 valence electrons. The van der Waals surface area contributed by atoms with Crippen molar-refractivity contribution < 1.29 is 14.6 Å². The third-order valence-electron chi connectivity index (χ3n) is 7.79. The molecule has 0 aliphatic carbocycles. The molecule has 0 aliphatic rings. The van der Waals surface area contributed by atoms with Crippen molar-refractivity contribution in [1.82, 2.24) is 14.4 Å². The summed E-state index contributed by atoms with van der Waals surface area (Å²) in [7, 11) is 5.90. The van der Waals surface area contributed by atoms with Crippen molar-refractivity contribution in [3.05, 3.63) is 99.5 Å². The van der Waals surface area contributed by atoms with Crippen LogP contribution in [0.1, 0.15) is 22.3 Å². The van der Waals surface area contributed by atoms with E-state index in [1.54, 1.807) is 7.11 Å². The van der Waals surface area contributed by atoms with Crippen molar-refractivity contribution >= 4 is 37.7 Å². The van der Waals surface area contributed by atoms with Gasteiger partial charge in [0.05, 0.1) is 21.2 Å². The SMILES string of the molecule is COCOc1c(Br)cc(C)cc1CCN(C)CCN(C)Cc1cc(C)cc(-n2c3ccccc3c3ccccc32)c1O. The molecule has 6 nitrogen and oxygen atoms in total. The molecule has 0 amide bonds. The van der Waals surface area contributed by atoms with Crippen LogP contribution in [0.5, 0.6) is 11.5 Å². The molecular weight excluding hydrogens is 590 g/mol. The normalized spacial score (nSPS) is 11.8. The van der Waals surface area contributed by atoms with Gasteiger partial charge in [-0.05, 0) is 91.2 Å². The Morgan fingerprint density at radius 2 is 1.38 bits per heavy atom. The lowest BCUT2D eigenvalue weighted by Crippen LogP contribution is -2.32. The number of phenolic OH excluding ortho intramolecular Hbond substituents is 1. The number of hydrogen-bond donors (Lipinski definition) is 1. The van der Waals surface area contributed by atoms with Crippen LogP contribution in [-0.4, -0.2) is 67.1 Å². The van der Waals surface area contributed by atoms with E-state index in [1.807, 2.05) is 0 Å². The minimum absolute atomic E-state index is 0.222. The van der Waals surface area contributed by atoms with Gasteiger partial charge in [-0.3, -0.25) is 0 Å². The first kappa shape index (κ1) is 30.1. The molecule has 5 rings (SSSR count). The molecule has 1 aromatic heterocycles. The number of phenols is 1. The van der Waals surface area contributed by atoms with Crippen LogP contribution in [0.4, 0.5) is 0 Å². The Labute approximate surface area is 257 Å². The molecule has 0 saturated heterocycles. The number of aromatic nitrogens is 1. The maximum atomic E-state index is 11.6. The minimum atomic E-state index is 0.222. The number of nitrogens with zero attached hydrogens (tertiary/aromatic N) is 3. The largest absolute Gasteiger partial charge is 0.505 e. The summed E-state index contributed by atoms with van der Waals surface area (Å²) in [6, 6.07) is 25.2. The zero-order valence-electron chi connectivity index (χ0n) is 25.2. The molecule has 0 radical (unpaired) electrons. The van der Waals surface area contributed by atoms with Crippen molar-refractivity contribution in [1.29, 1.82) is 0 Å². The number of likely N-dealkylation sites (N-methyl/N-ethyl adjacent to an activating group) is 2. The van der Waals surface area contributed by atoms with Crippen molar-refractivity contribution in [3.8, 4) is 17.2 Å². The second-order valence-electron chi connectivity index (χ2n) is 11.2. The van der Waals surface area contributed by atoms with Crippen LogP contribution < -0.4 is 4.74 Å². The number of halogens is 1. The smallest absolute Gasteiger partial charge is 0.188 e. The minimum Gasteiger partial charge on any atom is -0.505 e. The number of aryl methyl sites for hydroxylation is 2. The van der Waals surface area contributed by atoms with Crippen LogP contribution in [0, 0.1) is 13.8 Å². The molecular formula is C35H40BrN3O3. The van der Waals surface area contributed by atoms with E-state index in [9.17, 15) is 5.11 Å². The lowest BCUT2D eigenvalue weighted by atomic mass is 10.1. The molecule has 7 heteroatoms. The second-order valence-corrected chi connectivity index (χ2v) is 12.1. The third-order valence-corrected chi connectivity index (χ3v) is 8.38. The molecule has 0 aliphatic heterocycles. The summed E-state index contributed by atoms with van der Waals surface area (Å²) < 4.78 is 14.1. The Kier molecular flexibility index (Phi) is 9.53. The van der Waals surface area contributed by atoms with Gasteiger partial charge in [-0.25, -0.2) is 0 Å². The predicted molar refractivity (Wildman–Crippen MR) is 176 cm³/mol. The van der Waals surface area contributed by atoms with Crippen molar-refractivity contribution in [2.45, 2.75) is 26.8 Å². The molecule has 0 bridgehead atoms. The standard InChI is InChI=1S/C35H40BrN3O3/c1-24-18-26(35(30(36)20-24)42-23-41-5)14-15-37(3)16-17-38(4)22-27-19-25(2)21-33(34(27)40)39-31-12-8-6-10-28(31)29-11-7-9-13-32(29)39/h6-13,18-21,40H,14-17,22-23H2,1-5H3. The quantitative estimate of drug-likeness (QED) is 0.145. The fraction of sp³-hybridized carbons (Fsp3) is 0.314. The van der Waals surface area contributed by atoms with E-state index in [-0.39, 0.29) is 6.79 Å². The maximum absolute atomic E-state index is 11.6. The Morgan fingerprint density at radius 1 is 0.786 bits per heavy atom. The second kappa shape index (κ2) is 13.3. The summed E-state index contributed by atoms with van der Waals surface area (Å²) in [6.07, 6.45) is 0.875. The summed E-state index contributed by atoms with van der Waals surface area (Å²) in [5, 5.41) is 14.0. The zero-order valence-corrected chi connectivity index (χ0v) is 26.7. The number of rotatable bonds is 12.